The normalized spacial score (nSPS) is 19.8. The molecule has 1 aromatic carbocycles. The number of likely N-dealkylation sites (tertiary alicyclic amines) is 1. The summed E-state index contributed by atoms with van der Waals surface area (Å²) in [5.41, 5.74) is 1.17. The van der Waals surface area contributed by atoms with Gasteiger partial charge in [0.05, 0.1) is 42.3 Å². The van der Waals surface area contributed by atoms with Crippen LogP contribution in [0.2, 0.25) is 0 Å². The second-order valence-electron chi connectivity index (χ2n) is 7.49. The molecule has 2 aromatic heterocycles. The molecule has 7 nitrogen and oxygen atoms in total. The van der Waals surface area contributed by atoms with Crippen molar-refractivity contribution in [2.24, 2.45) is 0 Å². The summed E-state index contributed by atoms with van der Waals surface area (Å²) in [6.07, 6.45) is 1.93. The second-order valence-corrected chi connectivity index (χ2v) is 7.49. The topological polar surface area (TPSA) is 68.8 Å². The van der Waals surface area contributed by atoms with Crippen molar-refractivity contribution in [3.8, 4) is 5.69 Å². The number of hydrogen-bond donors (Lipinski definition) is 0. The van der Waals surface area contributed by atoms with Crippen LogP contribution < -0.4 is 0 Å². The van der Waals surface area contributed by atoms with Crippen molar-refractivity contribution in [1.29, 1.82) is 0 Å². The molecule has 0 radical (unpaired) electrons. The molecule has 0 saturated carbocycles. The lowest BCUT2D eigenvalue weighted by Gasteiger charge is -2.38. The summed E-state index contributed by atoms with van der Waals surface area (Å²) in [5, 5.41) is 12.4. The zero-order valence-corrected chi connectivity index (χ0v) is 16.3. The number of nitrogens with zero attached hydrogens (tertiary/aromatic N) is 6. The first-order chi connectivity index (χ1) is 14.3. The van der Waals surface area contributed by atoms with E-state index < -0.39 is 12.6 Å². The number of carbonyl (C=O) groups is 1. The average molecular weight is 418 g/mol. The van der Waals surface area contributed by atoms with Gasteiger partial charge in [-0.25, -0.2) is 0 Å². The van der Waals surface area contributed by atoms with Gasteiger partial charge in [0.2, 0.25) is 0 Å². The van der Waals surface area contributed by atoms with E-state index in [4.69, 9.17) is 0 Å². The number of amides is 1. The fourth-order valence-electron chi connectivity index (χ4n) is 3.81. The maximum Gasteiger partial charge on any atom is 0.393 e. The molecule has 1 unspecified atom stereocenters. The molecule has 0 spiro atoms. The monoisotopic (exact) mass is 418 g/mol. The van der Waals surface area contributed by atoms with Gasteiger partial charge in [0.15, 0.2) is 0 Å². The summed E-state index contributed by atoms with van der Waals surface area (Å²) in [4.78, 5) is 16.5. The predicted molar refractivity (Wildman–Crippen MR) is 102 cm³/mol. The lowest BCUT2D eigenvalue weighted by atomic mass is 9.98. The molecular weight excluding hydrogens is 397 g/mol. The van der Waals surface area contributed by atoms with E-state index in [-0.39, 0.29) is 23.6 Å². The number of piperidine rings is 1. The van der Waals surface area contributed by atoms with Crippen LogP contribution in [0.1, 0.15) is 41.7 Å². The number of carbonyl (C=O) groups excluding carboxylic acids is 1. The van der Waals surface area contributed by atoms with Crippen molar-refractivity contribution >= 4 is 5.91 Å². The SMILES string of the molecule is C[C@@H]1CCC(n2cc(CC(F)(F)F)cn2)CN1C(=O)c1ccccc1-n1nccn1. The van der Waals surface area contributed by atoms with Crippen molar-refractivity contribution in [2.75, 3.05) is 6.54 Å². The second kappa shape index (κ2) is 7.92. The van der Waals surface area contributed by atoms with E-state index in [9.17, 15) is 18.0 Å². The van der Waals surface area contributed by atoms with E-state index in [1.54, 1.807) is 27.8 Å². The van der Waals surface area contributed by atoms with Crippen LogP contribution in [0.3, 0.4) is 0 Å². The molecule has 3 heterocycles. The van der Waals surface area contributed by atoms with Crippen LogP contribution in [0.25, 0.3) is 5.69 Å². The van der Waals surface area contributed by atoms with Crippen molar-refractivity contribution in [3.05, 3.63) is 60.2 Å². The summed E-state index contributed by atoms with van der Waals surface area (Å²) in [6, 6.07) is 6.91. The van der Waals surface area contributed by atoms with Crippen LogP contribution in [0.5, 0.6) is 0 Å². The Hall–Kier alpha value is -3.17. The summed E-state index contributed by atoms with van der Waals surface area (Å²) in [7, 11) is 0. The summed E-state index contributed by atoms with van der Waals surface area (Å²) in [5.74, 6) is -0.164. The molecule has 0 aliphatic carbocycles. The minimum atomic E-state index is -4.28. The van der Waals surface area contributed by atoms with Gasteiger partial charge in [0.25, 0.3) is 5.91 Å². The Kier molecular flexibility index (Phi) is 5.31. The molecule has 0 bridgehead atoms. The molecule has 10 heteroatoms. The first-order valence-corrected chi connectivity index (χ1v) is 9.68. The van der Waals surface area contributed by atoms with E-state index in [1.807, 2.05) is 13.0 Å². The van der Waals surface area contributed by atoms with Gasteiger partial charge in [-0.2, -0.15) is 33.3 Å². The Balaban J connectivity index is 1.56. The van der Waals surface area contributed by atoms with Crippen LogP contribution in [0.4, 0.5) is 13.2 Å². The number of halogens is 3. The number of alkyl halides is 3. The van der Waals surface area contributed by atoms with Gasteiger partial charge >= 0.3 is 6.18 Å². The van der Waals surface area contributed by atoms with Crippen LogP contribution in [0.15, 0.2) is 49.1 Å². The number of aromatic nitrogens is 5. The third kappa shape index (κ3) is 4.22. The predicted octanol–water partition coefficient (Wildman–Crippen LogP) is 3.43. The summed E-state index contributed by atoms with van der Waals surface area (Å²) >= 11 is 0. The zero-order chi connectivity index (χ0) is 21.3. The minimum absolute atomic E-state index is 0.00223. The van der Waals surface area contributed by atoms with Gasteiger partial charge in [-0.3, -0.25) is 9.48 Å². The maximum atomic E-state index is 13.4. The first-order valence-electron chi connectivity index (χ1n) is 9.68. The van der Waals surface area contributed by atoms with E-state index in [1.165, 1.54) is 29.6 Å². The Morgan fingerprint density at radius 1 is 1.13 bits per heavy atom. The van der Waals surface area contributed by atoms with Gasteiger partial charge in [-0.15, -0.1) is 0 Å². The fraction of sp³-hybridized carbons (Fsp3) is 0.400. The third-order valence-corrected chi connectivity index (χ3v) is 5.32. The van der Waals surface area contributed by atoms with Crippen LogP contribution in [-0.4, -0.2) is 54.3 Å². The third-order valence-electron chi connectivity index (χ3n) is 5.32. The molecule has 4 rings (SSSR count). The standard InChI is InChI=1S/C20H21F3N6O/c1-14-6-7-16(28-12-15(11-26-28)10-20(21,22)23)13-27(14)19(30)17-4-2-3-5-18(17)29-24-8-9-25-29/h2-5,8-9,11-12,14,16H,6-7,10,13H2,1H3/t14-,16?/m1/s1. The first kappa shape index (κ1) is 20.1. The quantitative estimate of drug-likeness (QED) is 0.651. The molecule has 2 atom stereocenters. The highest BCUT2D eigenvalue weighted by molar-refractivity contribution is 5.98. The number of hydrogen-bond acceptors (Lipinski definition) is 4. The molecule has 0 N–H and O–H groups in total. The van der Waals surface area contributed by atoms with Crippen LogP contribution in [0, 0.1) is 0 Å². The van der Waals surface area contributed by atoms with Gasteiger partial charge in [0.1, 0.15) is 0 Å². The minimum Gasteiger partial charge on any atom is -0.334 e. The van der Waals surface area contributed by atoms with E-state index in [2.05, 4.69) is 15.3 Å². The maximum absolute atomic E-state index is 13.4. The molecule has 1 aliphatic heterocycles. The number of benzene rings is 1. The Labute approximate surface area is 171 Å². The molecule has 1 amide bonds. The lowest BCUT2D eigenvalue weighted by Crippen LogP contribution is -2.46. The number of para-hydroxylation sites is 1. The summed E-state index contributed by atoms with van der Waals surface area (Å²) < 4.78 is 39.5. The van der Waals surface area contributed by atoms with Crippen molar-refractivity contribution in [2.45, 2.75) is 44.4 Å². The Bertz CT molecular complexity index is 1010. The fourth-order valence-corrected chi connectivity index (χ4v) is 3.81. The molecule has 1 fully saturated rings. The van der Waals surface area contributed by atoms with Crippen molar-refractivity contribution in [3.63, 3.8) is 0 Å². The molecule has 1 saturated heterocycles. The molecule has 30 heavy (non-hydrogen) atoms. The highest BCUT2D eigenvalue weighted by atomic mass is 19.4. The highest BCUT2D eigenvalue weighted by Gasteiger charge is 2.33. The van der Waals surface area contributed by atoms with Crippen LogP contribution in [-0.2, 0) is 6.42 Å². The molecule has 158 valence electrons. The molecule has 3 aromatic rings. The van der Waals surface area contributed by atoms with E-state index in [0.717, 1.165) is 12.8 Å². The molecule has 1 aliphatic rings. The van der Waals surface area contributed by atoms with Gasteiger partial charge in [0, 0.05) is 18.8 Å². The van der Waals surface area contributed by atoms with Gasteiger partial charge in [-0.05, 0) is 37.5 Å². The largest absolute Gasteiger partial charge is 0.393 e. The zero-order valence-electron chi connectivity index (χ0n) is 16.3. The van der Waals surface area contributed by atoms with Crippen LogP contribution >= 0.6 is 0 Å². The van der Waals surface area contributed by atoms with Gasteiger partial charge < -0.3 is 4.90 Å². The Morgan fingerprint density at radius 3 is 2.60 bits per heavy atom. The van der Waals surface area contributed by atoms with Crippen molar-refractivity contribution in [1.82, 2.24) is 29.7 Å². The molecular formula is C20H21F3N6O. The lowest BCUT2D eigenvalue weighted by molar-refractivity contribution is -0.127. The van der Waals surface area contributed by atoms with Crippen molar-refractivity contribution < 1.29 is 18.0 Å². The highest BCUT2D eigenvalue weighted by Crippen LogP contribution is 2.29. The average Bonchev–Trinajstić information content (AvgIpc) is 3.39. The number of rotatable bonds is 4. The van der Waals surface area contributed by atoms with E-state index in [0.29, 0.717) is 17.8 Å². The summed E-state index contributed by atoms with van der Waals surface area (Å²) in [6.45, 7) is 2.34. The van der Waals surface area contributed by atoms with Gasteiger partial charge in [-0.1, -0.05) is 12.1 Å². The van der Waals surface area contributed by atoms with E-state index >= 15 is 0 Å². The Morgan fingerprint density at radius 2 is 1.87 bits per heavy atom. The smallest absolute Gasteiger partial charge is 0.334 e.